The minimum absolute atomic E-state index is 0.140. The third-order valence-electron chi connectivity index (χ3n) is 4.52. The standard InChI is InChI=1S/C23H22N4O3/c28-23(17-29-26-21(11-13-24-26)15-19-7-3-1-4-8-19)18-30-27-22(12-14-25-27)16-20-9-5-2-6-10-20/h1-14H,15-18H2. The van der Waals surface area contributed by atoms with Gasteiger partial charge in [-0.05, 0) is 23.3 Å². The lowest BCUT2D eigenvalue weighted by Crippen LogP contribution is -2.29. The molecule has 4 aromatic rings. The highest BCUT2D eigenvalue weighted by atomic mass is 16.7. The van der Waals surface area contributed by atoms with Crippen molar-refractivity contribution >= 4 is 5.78 Å². The zero-order valence-corrected chi connectivity index (χ0v) is 16.4. The van der Waals surface area contributed by atoms with Gasteiger partial charge in [0.15, 0.2) is 13.2 Å². The summed E-state index contributed by atoms with van der Waals surface area (Å²) in [6.45, 7) is -0.280. The molecule has 0 saturated carbocycles. The largest absolute Gasteiger partial charge is 0.388 e. The summed E-state index contributed by atoms with van der Waals surface area (Å²) in [6, 6.07) is 23.8. The SMILES string of the molecule is O=C(COn1nccc1Cc1ccccc1)COn1nccc1Cc1ccccc1. The Morgan fingerprint density at radius 3 is 1.53 bits per heavy atom. The Bertz CT molecular complexity index is 988. The molecule has 7 nitrogen and oxygen atoms in total. The van der Waals surface area contributed by atoms with E-state index in [2.05, 4.69) is 10.2 Å². The van der Waals surface area contributed by atoms with Crippen molar-refractivity contribution < 1.29 is 14.5 Å². The summed E-state index contributed by atoms with van der Waals surface area (Å²) >= 11 is 0. The third kappa shape index (κ3) is 5.14. The van der Waals surface area contributed by atoms with E-state index in [-0.39, 0.29) is 19.0 Å². The zero-order valence-electron chi connectivity index (χ0n) is 16.4. The zero-order chi connectivity index (χ0) is 20.6. The summed E-state index contributed by atoms with van der Waals surface area (Å²) in [6.07, 6.45) is 4.64. The second-order valence-corrected chi connectivity index (χ2v) is 6.80. The number of hydrogen-bond donors (Lipinski definition) is 0. The molecular weight excluding hydrogens is 380 g/mol. The predicted octanol–water partition coefficient (Wildman–Crippen LogP) is 2.39. The van der Waals surface area contributed by atoms with Gasteiger partial charge in [0.2, 0.25) is 5.78 Å². The Morgan fingerprint density at radius 2 is 1.10 bits per heavy atom. The van der Waals surface area contributed by atoms with E-state index in [1.54, 1.807) is 12.4 Å². The highest BCUT2D eigenvalue weighted by Gasteiger charge is 2.11. The summed E-state index contributed by atoms with van der Waals surface area (Å²) in [5.41, 5.74) is 4.02. The fourth-order valence-corrected chi connectivity index (χ4v) is 3.04. The van der Waals surface area contributed by atoms with Crippen LogP contribution in [0, 0.1) is 0 Å². The average Bonchev–Trinajstić information content (AvgIpc) is 3.41. The molecule has 7 heteroatoms. The maximum atomic E-state index is 12.2. The number of nitrogens with zero attached hydrogens (tertiary/aromatic N) is 4. The molecule has 0 saturated heterocycles. The summed E-state index contributed by atoms with van der Waals surface area (Å²) in [5.74, 6) is -0.211. The molecule has 0 unspecified atom stereocenters. The van der Waals surface area contributed by atoms with Crippen molar-refractivity contribution in [2.24, 2.45) is 0 Å². The van der Waals surface area contributed by atoms with E-state index in [1.165, 1.54) is 9.69 Å². The Morgan fingerprint density at radius 1 is 0.667 bits per heavy atom. The number of carbonyl (C=O) groups is 1. The second-order valence-electron chi connectivity index (χ2n) is 6.80. The van der Waals surface area contributed by atoms with Crippen molar-refractivity contribution in [3.63, 3.8) is 0 Å². The maximum Gasteiger partial charge on any atom is 0.213 e. The molecule has 0 atom stereocenters. The molecule has 0 radical (unpaired) electrons. The van der Waals surface area contributed by atoms with Crippen LogP contribution in [0.25, 0.3) is 0 Å². The van der Waals surface area contributed by atoms with Gasteiger partial charge in [-0.15, -0.1) is 19.9 Å². The van der Waals surface area contributed by atoms with Crippen LogP contribution < -0.4 is 9.68 Å². The van der Waals surface area contributed by atoms with E-state index in [4.69, 9.17) is 9.68 Å². The Hall–Kier alpha value is -3.87. The lowest BCUT2D eigenvalue weighted by molar-refractivity contribution is -0.129. The van der Waals surface area contributed by atoms with E-state index in [1.807, 2.05) is 72.8 Å². The van der Waals surface area contributed by atoms with E-state index in [9.17, 15) is 4.79 Å². The summed E-state index contributed by atoms with van der Waals surface area (Å²) < 4.78 is 0. The fourth-order valence-electron chi connectivity index (χ4n) is 3.04. The molecule has 0 fully saturated rings. The molecule has 0 aliphatic rings. The fraction of sp³-hybridized carbons (Fsp3) is 0.174. The third-order valence-corrected chi connectivity index (χ3v) is 4.52. The number of rotatable bonds is 10. The number of hydrogen-bond acceptors (Lipinski definition) is 5. The molecule has 4 rings (SSSR count). The first kappa shape index (κ1) is 19.4. The first-order valence-corrected chi connectivity index (χ1v) is 9.70. The van der Waals surface area contributed by atoms with Gasteiger partial charge in [0.1, 0.15) is 0 Å². The molecule has 0 amide bonds. The van der Waals surface area contributed by atoms with Crippen molar-refractivity contribution in [3.05, 3.63) is 108 Å². The highest BCUT2D eigenvalue weighted by molar-refractivity contribution is 5.80. The molecule has 0 N–H and O–H groups in total. The number of Topliss-reactive ketones (excluding diaryl/α,β-unsaturated/α-hetero) is 1. The second kappa shape index (κ2) is 9.56. The molecular formula is C23H22N4O3. The molecule has 0 aliphatic heterocycles. The van der Waals surface area contributed by atoms with Gasteiger partial charge >= 0.3 is 0 Å². The van der Waals surface area contributed by atoms with Crippen LogP contribution in [0.15, 0.2) is 85.2 Å². The van der Waals surface area contributed by atoms with Crippen LogP contribution in [-0.2, 0) is 17.6 Å². The van der Waals surface area contributed by atoms with Gasteiger partial charge in [-0.3, -0.25) is 4.79 Å². The van der Waals surface area contributed by atoms with Gasteiger partial charge in [-0.2, -0.15) is 0 Å². The number of carbonyl (C=O) groups excluding carboxylic acids is 1. The van der Waals surface area contributed by atoms with Crippen LogP contribution >= 0.6 is 0 Å². The van der Waals surface area contributed by atoms with Crippen molar-refractivity contribution in [3.8, 4) is 0 Å². The van der Waals surface area contributed by atoms with E-state index in [0.29, 0.717) is 12.8 Å². The van der Waals surface area contributed by atoms with Crippen LogP contribution in [0.1, 0.15) is 22.5 Å². The lowest BCUT2D eigenvalue weighted by Gasteiger charge is -2.10. The minimum atomic E-state index is -0.211. The Kier molecular flexibility index (Phi) is 6.19. The molecule has 0 aliphatic carbocycles. The van der Waals surface area contributed by atoms with Gasteiger partial charge < -0.3 is 9.68 Å². The van der Waals surface area contributed by atoms with Gasteiger partial charge in [-0.1, -0.05) is 60.7 Å². The lowest BCUT2D eigenvalue weighted by atomic mass is 10.1. The Labute approximate surface area is 174 Å². The van der Waals surface area contributed by atoms with E-state index < -0.39 is 0 Å². The summed E-state index contributed by atoms with van der Waals surface area (Å²) in [7, 11) is 0. The monoisotopic (exact) mass is 402 g/mol. The smallest absolute Gasteiger partial charge is 0.213 e. The summed E-state index contributed by atoms with van der Waals surface area (Å²) in [4.78, 5) is 26.1. The summed E-state index contributed by atoms with van der Waals surface area (Å²) in [5, 5.41) is 8.28. The molecule has 30 heavy (non-hydrogen) atoms. The molecule has 152 valence electrons. The average molecular weight is 402 g/mol. The topological polar surface area (TPSA) is 71.2 Å². The van der Waals surface area contributed by atoms with Crippen LogP contribution in [0.2, 0.25) is 0 Å². The first-order chi connectivity index (χ1) is 14.8. The van der Waals surface area contributed by atoms with Crippen molar-refractivity contribution in [2.45, 2.75) is 12.8 Å². The van der Waals surface area contributed by atoms with E-state index in [0.717, 1.165) is 22.5 Å². The molecule has 2 aromatic heterocycles. The van der Waals surface area contributed by atoms with Crippen LogP contribution in [0.3, 0.4) is 0 Å². The van der Waals surface area contributed by atoms with Crippen LogP contribution in [-0.4, -0.2) is 38.9 Å². The van der Waals surface area contributed by atoms with Crippen LogP contribution in [0.5, 0.6) is 0 Å². The molecule has 2 heterocycles. The minimum Gasteiger partial charge on any atom is -0.388 e. The van der Waals surface area contributed by atoms with E-state index >= 15 is 0 Å². The molecule has 2 aromatic carbocycles. The number of ketones is 1. The maximum absolute atomic E-state index is 12.2. The molecule has 0 bridgehead atoms. The Balaban J connectivity index is 1.28. The number of aromatic nitrogens is 4. The quantitative estimate of drug-likeness (QED) is 0.407. The van der Waals surface area contributed by atoms with Crippen molar-refractivity contribution in [1.29, 1.82) is 0 Å². The number of benzene rings is 2. The van der Waals surface area contributed by atoms with Gasteiger partial charge in [-0.25, -0.2) is 0 Å². The van der Waals surface area contributed by atoms with Crippen molar-refractivity contribution in [1.82, 2.24) is 19.9 Å². The normalized spacial score (nSPS) is 10.7. The van der Waals surface area contributed by atoms with Gasteiger partial charge in [0, 0.05) is 12.8 Å². The first-order valence-electron chi connectivity index (χ1n) is 9.70. The molecule has 0 spiro atoms. The van der Waals surface area contributed by atoms with Gasteiger partial charge in [0.05, 0.1) is 23.8 Å². The van der Waals surface area contributed by atoms with Crippen molar-refractivity contribution in [2.75, 3.05) is 13.2 Å². The highest BCUT2D eigenvalue weighted by Crippen LogP contribution is 2.09. The van der Waals surface area contributed by atoms with Crippen LogP contribution in [0.4, 0.5) is 0 Å². The predicted molar refractivity (Wildman–Crippen MR) is 111 cm³/mol. The van der Waals surface area contributed by atoms with Gasteiger partial charge in [0.25, 0.3) is 0 Å².